The highest BCUT2D eigenvalue weighted by Crippen LogP contribution is 2.31. The van der Waals surface area contributed by atoms with Crippen LogP contribution < -0.4 is 14.9 Å². The summed E-state index contributed by atoms with van der Waals surface area (Å²) >= 11 is 17.9. The van der Waals surface area contributed by atoms with Gasteiger partial charge in [0.1, 0.15) is 6.61 Å². The molecule has 1 amide bonds. The van der Waals surface area contributed by atoms with E-state index in [1.54, 1.807) is 37.4 Å². The molecule has 0 aromatic heterocycles. The molecule has 0 heterocycles. The predicted molar refractivity (Wildman–Crippen MR) is 120 cm³/mol. The molecule has 0 saturated heterocycles. The zero-order chi connectivity index (χ0) is 21.5. The lowest BCUT2D eigenvalue weighted by atomic mass is 10.2. The van der Waals surface area contributed by atoms with Crippen molar-refractivity contribution in [2.75, 3.05) is 7.11 Å². The molecule has 3 aromatic rings. The van der Waals surface area contributed by atoms with E-state index in [1.165, 1.54) is 18.3 Å². The molecule has 154 valence electrons. The van der Waals surface area contributed by atoms with Gasteiger partial charge >= 0.3 is 0 Å². The van der Waals surface area contributed by atoms with Gasteiger partial charge in [0.15, 0.2) is 11.5 Å². The highest BCUT2D eigenvalue weighted by molar-refractivity contribution is 6.36. The summed E-state index contributed by atoms with van der Waals surface area (Å²) in [5, 5.41) is 5.32. The molecule has 30 heavy (non-hydrogen) atoms. The van der Waals surface area contributed by atoms with Crippen LogP contribution in [0.4, 0.5) is 0 Å². The SMILES string of the molecule is COc1cccc(/C=N\NC(=O)c2ccc(Cl)cc2Cl)c1OCc1cccc(Cl)c1. The Bertz CT molecular complexity index is 1090. The molecule has 0 fully saturated rings. The molecule has 3 aromatic carbocycles. The lowest BCUT2D eigenvalue weighted by Crippen LogP contribution is -2.18. The van der Waals surface area contributed by atoms with Crippen LogP contribution in [0.1, 0.15) is 21.5 Å². The molecule has 0 spiro atoms. The molecular weight excluding hydrogens is 447 g/mol. The summed E-state index contributed by atoms with van der Waals surface area (Å²) in [6, 6.07) is 17.3. The summed E-state index contributed by atoms with van der Waals surface area (Å²) in [7, 11) is 1.55. The van der Waals surface area contributed by atoms with Gasteiger partial charge in [0.05, 0.1) is 23.9 Å². The summed E-state index contributed by atoms with van der Waals surface area (Å²) in [6.07, 6.45) is 1.47. The van der Waals surface area contributed by atoms with E-state index in [0.717, 1.165) is 5.56 Å². The fraction of sp³-hybridized carbons (Fsp3) is 0.0909. The first-order valence-corrected chi connectivity index (χ1v) is 9.94. The summed E-state index contributed by atoms with van der Waals surface area (Å²) in [5.41, 5.74) is 4.24. The van der Waals surface area contributed by atoms with Crippen LogP contribution in [0.25, 0.3) is 0 Å². The molecule has 0 atom stereocenters. The van der Waals surface area contributed by atoms with Crippen molar-refractivity contribution >= 4 is 46.9 Å². The van der Waals surface area contributed by atoms with Gasteiger partial charge in [0.25, 0.3) is 5.91 Å². The van der Waals surface area contributed by atoms with Crippen molar-refractivity contribution in [1.82, 2.24) is 5.43 Å². The van der Waals surface area contributed by atoms with Crippen LogP contribution >= 0.6 is 34.8 Å². The number of halogens is 3. The van der Waals surface area contributed by atoms with Crippen molar-refractivity contribution in [1.29, 1.82) is 0 Å². The first kappa shape index (κ1) is 22.0. The van der Waals surface area contributed by atoms with E-state index < -0.39 is 5.91 Å². The van der Waals surface area contributed by atoms with Gasteiger partial charge in [-0.2, -0.15) is 5.10 Å². The highest BCUT2D eigenvalue weighted by atomic mass is 35.5. The summed E-state index contributed by atoms with van der Waals surface area (Å²) in [4.78, 5) is 12.3. The first-order chi connectivity index (χ1) is 14.5. The standard InChI is InChI=1S/C22H17Cl3N2O3/c1-29-20-7-3-5-15(21(20)30-13-14-4-2-6-16(23)10-14)12-26-27-22(28)18-9-8-17(24)11-19(18)25/h2-12H,13H2,1H3,(H,27,28)/b26-12-. The van der Waals surface area contributed by atoms with Gasteiger partial charge in [-0.25, -0.2) is 5.43 Å². The maximum absolute atomic E-state index is 12.3. The number of rotatable bonds is 7. The van der Waals surface area contributed by atoms with Crippen molar-refractivity contribution in [3.05, 3.63) is 92.4 Å². The van der Waals surface area contributed by atoms with Gasteiger partial charge in [0.2, 0.25) is 0 Å². The topological polar surface area (TPSA) is 59.9 Å². The Labute approximate surface area is 189 Å². The number of nitrogens with zero attached hydrogens (tertiary/aromatic N) is 1. The molecule has 3 rings (SSSR count). The lowest BCUT2D eigenvalue weighted by Gasteiger charge is -2.13. The van der Waals surface area contributed by atoms with Gasteiger partial charge in [-0.05, 0) is 48.0 Å². The third-order valence-electron chi connectivity index (χ3n) is 4.05. The van der Waals surface area contributed by atoms with Crippen LogP contribution in [0.2, 0.25) is 15.1 Å². The molecular formula is C22H17Cl3N2O3. The molecule has 1 N–H and O–H groups in total. The van der Waals surface area contributed by atoms with E-state index in [0.29, 0.717) is 27.1 Å². The van der Waals surface area contributed by atoms with Gasteiger partial charge in [-0.1, -0.05) is 53.0 Å². The predicted octanol–water partition coefficient (Wildman–Crippen LogP) is 6.00. The third kappa shape index (κ3) is 5.66. The van der Waals surface area contributed by atoms with Crippen molar-refractivity contribution in [3.63, 3.8) is 0 Å². The van der Waals surface area contributed by atoms with Gasteiger partial charge in [-0.15, -0.1) is 0 Å². The Balaban J connectivity index is 1.75. The molecule has 0 radical (unpaired) electrons. The Kier molecular flexibility index (Phi) is 7.57. The van der Waals surface area contributed by atoms with Gasteiger partial charge in [-0.3, -0.25) is 4.79 Å². The van der Waals surface area contributed by atoms with Gasteiger partial charge < -0.3 is 9.47 Å². The number of hydrogen-bond acceptors (Lipinski definition) is 4. The second kappa shape index (κ2) is 10.3. The first-order valence-electron chi connectivity index (χ1n) is 8.80. The minimum atomic E-state index is -0.461. The fourth-order valence-electron chi connectivity index (χ4n) is 2.63. The molecule has 0 aliphatic rings. The average molecular weight is 464 g/mol. The van der Waals surface area contributed by atoms with Crippen molar-refractivity contribution in [2.45, 2.75) is 6.61 Å². The van der Waals surface area contributed by atoms with E-state index >= 15 is 0 Å². The average Bonchev–Trinajstić information content (AvgIpc) is 2.72. The number of para-hydroxylation sites is 1. The maximum atomic E-state index is 12.3. The van der Waals surface area contributed by atoms with Gasteiger partial charge in [0, 0.05) is 15.6 Å². The lowest BCUT2D eigenvalue weighted by molar-refractivity contribution is 0.0955. The van der Waals surface area contributed by atoms with E-state index in [1.807, 2.05) is 18.2 Å². The Morgan fingerprint density at radius 2 is 1.80 bits per heavy atom. The quantitative estimate of drug-likeness (QED) is 0.345. The van der Waals surface area contributed by atoms with E-state index in [9.17, 15) is 4.79 Å². The number of benzene rings is 3. The molecule has 0 unspecified atom stereocenters. The fourth-order valence-corrected chi connectivity index (χ4v) is 3.33. The molecule has 5 nitrogen and oxygen atoms in total. The van der Waals surface area contributed by atoms with E-state index in [4.69, 9.17) is 44.3 Å². The summed E-state index contributed by atoms with van der Waals surface area (Å²) in [5.74, 6) is 0.563. The Hall–Kier alpha value is -2.73. The number of methoxy groups -OCH3 is 1. The zero-order valence-corrected chi connectivity index (χ0v) is 18.1. The Morgan fingerprint density at radius 1 is 1.03 bits per heavy atom. The van der Waals surface area contributed by atoms with Crippen LogP contribution in [0, 0.1) is 0 Å². The number of amides is 1. The molecule has 0 aliphatic heterocycles. The zero-order valence-electron chi connectivity index (χ0n) is 15.9. The van der Waals surface area contributed by atoms with Crippen LogP contribution in [0.15, 0.2) is 65.8 Å². The second-order valence-corrected chi connectivity index (χ2v) is 7.40. The number of carbonyl (C=O) groups excluding carboxylic acids is 1. The highest BCUT2D eigenvalue weighted by Gasteiger charge is 2.12. The number of hydrogen-bond donors (Lipinski definition) is 1. The normalized spacial score (nSPS) is 10.8. The van der Waals surface area contributed by atoms with Crippen LogP contribution in [0.3, 0.4) is 0 Å². The minimum Gasteiger partial charge on any atom is -0.493 e. The summed E-state index contributed by atoms with van der Waals surface area (Å²) in [6.45, 7) is 0.286. The Morgan fingerprint density at radius 3 is 2.53 bits per heavy atom. The van der Waals surface area contributed by atoms with Crippen molar-refractivity contribution in [3.8, 4) is 11.5 Å². The largest absolute Gasteiger partial charge is 0.493 e. The van der Waals surface area contributed by atoms with Crippen molar-refractivity contribution < 1.29 is 14.3 Å². The summed E-state index contributed by atoms with van der Waals surface area (Å²) < 4.78 is 11.3. The number of carbonyl (C=O) groups is 1. The number of hydrazone groups is 1. The third-order valence-corrected chi connectivity index (χ3v) is 4.83. The minimum absolute atomic E-state index is 0.238. The molecule has 0 bridgehead atoms. The number of nitrogens with one attached hydrogen (secondary N) is 1. The number of ether oxygens (including phenoxy) is 2. The second-order valence-electron chi connectivity index (χ2n) is 6.12. The maximum Gasteiger partial charge on any atom is 0.272 e. The smallest absolute Gasteiger partial charge is 0.272 e. The molecule has 0 aliphatic carbocycles. The van der Waals surface area contributed by atoms with Crippen LogP contribution in [-0.2, 0) is 6.61 Å². The van der Waals surface area contributed by atoms with E-state index in [-0.39, 0.29) is 17.2 Å². The monoisotopic (exact) mass is 462 g/mol. The van der Waals surface area contributed by atoms with E-state index in [2.05, 4.69) is 10.5 Å². The van der Waals surface area contributed by atoms with Crippen LogP contribution in [0.5, 0.6) is 11.5 Å². The molecule has 8 heteroatoms. The molecule has 0 saturated carbocycles. The van der Waals surface area contributed by atoms with Crippen molar-refractivity contribution in [2.24, 2.45) is 5.10 Å². The van der Waals surface area contributed by atoms with Crippen LogP contribution in [-0.4, -0.2) is 19.2 Å².